The zero-order valence-corrected chi connectivity index (χ0v) is 8.95. The number of rotatable bonds is 1. The molecular formula is C10H7ClO2S. The highest BCUT2D eigenvalue weighted by atomic mass is 35.5. The molecule has 0 fully saturated rings. The van der Waals surface area contributed by atoms with Gasteiger partial charge in [-0.1, -0.05) is 23.2 Å². The standard InChI is InChI=1S/C10H7ClO2S/c1-5-2-3-7-6(4-5)8(10(12)13)9(11)14-7/h2-4H,1H3,(H,12,13). The molecule has 0 unspecified atom stereocenters. The lowest BCUT2D eigenvalue weighted by molar-refractivity contribution is 0.0699. The van der Waals surface area contributed by atoms with Gasteiger partial charge in [-0.3, -0.25) is 0 Å². The minimum atomic E-state index is -0.966. The average molecular weight is 227 g/mol. The van der Waals surface area contributed by atoms with Gasteiger partial charge in [-0.2, -0.15) is 0 Å². The molecule has 2 nitrogen and oxygen atoms in total. The van der Waals surface area contributed by atoms with Crippen LogP contribution in [0.4, 0.5) is 0 Å². The van der Waals surface area contributed by atoms with Crippen molar-refractivity contribution in [1.29, 1.82) is 0 Å². The number of hydrogen-bond donors (Lipinski definition) is 1. The number of hydrogen-bond acceptors (Lipinski definition) is 2. The van der Waals surface area contributed by atoms with Crippen LogP contribution in [0.5, 0.6) is 0 Å². The number of aromatic carboxylic acids is 1. The van der Waals surface area contributed by atoms with E-state index in [0.29, 0.717) is 4.34 Å². The lowest BCUT2D eigenvalue weighted by Crippen LogP contribution is -1.94. The van der Waals surface area contributed by atoms with Crippen molar-refractivity contribution in [2.75, 3.05) is 0 Å². The largest absolute Gasteiger partial charge is 0.478 e. The fourth-order valence-electron chi connectivity index (χ4n) is 1.38. The van der Waals surface area contributed by atoms with E-state index in [-0.39, 0.29) is 5.56 Å². The van der Waals surface area contributed by atoms with Crippen LogP contribution in [0.2, 0.25) is 4.34 Å². The second-order valence-electron chi connectivity index (χ2n) is 3.06. The summed E-state index contributed by atoms with van der Waals surface area (Å²) in [6, 6.07) is 5.69. The quantitative estimate of drug-likeness (QED) is 0.807. The molecular weight excluding hydrogens is 220 g/mol. The second kappa shape index (κ2) is 3.26. The van der Waals surface area contributed by atoms with Crippen LogP contribution in [-0.4, -0.2) is 11.1 Å². The highest BCUT2D eigenvalue weighted by Crippen LogP contribution is 2.35. The van der Waals surface area contributed by atoms with Gasteiger partial charge in [0, 0.05) is 10.1 Å². The third kappa shape index (κ3) is 1.38. The van der Waals surface area contributed by atoms with Crippen LogP contribution in [0.3, 0.4) is 0 Å². The monoisotopic (exact) mass is 226 g/mol. The zero-order chi connectivity index (χ0) is 10.3. The molecule has 0 aliphatic heterocycles. The molecule has 0 amide bonds. The molecule has 1 aromatic heterocycles. The third-order valence-electron chi connectivity index (χ3n) is 2.01. The molecule has 72 valence electrons. The lowest BCUT2D eigenvalue weighted by Gasteiger charge is -1.94. The van der Waals surface area contributed by atoms with Crippen molar-refractivity contribution in [3.8, 4) is 0 Å². The summed E-state index contributed by atoms with van der Waals surface area (Å²) in [6.07, 6.45) is 0. The first-order valence-corrected chi connectivity index (χ1v) is 5.21. The summed E-state index contributed by atoms with van der Waals surface area (Å²) >= 11 is 7.15. The summed E-state index contributed by atoms with van der Waals surface area (Å²) in [7, 11) is 0. The van der Waals surface area contributed by atoms with E-state index in [2.05, 4.69) is 0 Å². The zero-order valence-electron chi connectivity index (χ0n) is 7.37. The molecule has 1 aromatic carbocycles. The molecule has 1 heterocycles. The predicted molar refractivity (Wildman–Crippen MR) is 58.5 cm³/mol. The first-order chi connectivity index (χ1) is 6.59. The number of thiophene rings is 1. The number of halogens is 1. The number of carbonyl (C=O) groups is 1. The Morgan fingerprint density at radius 2 is 2.21 bits per heavy atom. The predicted octanol–water partition coefficient (Wildman–Crippen LogP) is 3.56. The van der Waals surface area contributed by atoms with E-state index in [4.69, 9.17) is 16.7 Å². The van der Waals surface area contributed by atoms with E-state index in [9.17, 15) is 4.79 Å². The summed E-state index contributed by atoms with van der Waals surface area (Å²) in [4.78, 5) is 10.9. The van der Waals surface area contributed by atoms with Gasteiger partial charge in [0.25, 0.3) is 0 Å². The second-order valence-corrected chi connectivity index (χ2v) is 4.71. The van der Waals surface area contributed by atoms with Crippen molar-refractivity contribution < 1.29 is 9.90 Å². The van der Waals surface area contributed by atoms with Crippen molar-refractivity contribution in [1.82, 2.24) is 0 Å². The molecule has 0 bridgehead atoms. The van der Waals surface area contributed by atoms with Crippen LogP contribution < -0.4 is 0 Å². The fraction of sp³-hybridized carbons (Fsp3) is 0.100. The van der Waals surface area contributed by atoms with Gasteiger partial charge >= 0.3 is 5.97 Å². The van der Waals surface area contributed by atoms with Gasteiger partial charge in [0.15, 0.2) is 0 Å². The maximum Gasteiger partial charge on any atom is 0.338 e. The number of aryl methyl sites for hydroxylation is 1. The average Bonchev–Trinajstić information content (AvgIpc) is 2.40. The SMILES string of the molecule is Cc1ccc2sc(Cl)c(C(=O)O)c2c1. The Balaban J connectivity index is 2.86. The van der Waals surface area contributed by atoms with Gasteiger partial charge in [-0.15, -0.1) is 11.3 Å². The Kier molecular flexibility index (Phi) is 2.21. The fourth-order valence-corrected chi connectivity index (χ4v) is 2.71. The molecule has 2 rings (SSSR count). The number of carboxylic acids is 1. The van der Waals surface area contributed by atoms with Crippen molar-refractivity contribution in [2.24, 2.45) is 0 Å². The van der Waals surface area contributed by atoms with Gasteiger partial charge in [0.1, 0.15) is 4.34 Å². The molecule has 14 heavy (non-hydrogen) atoms. The number of benzene rings is 1. The molecule has 0 saturated carbocycles. The van der Waals surface area contributed by atoms with Gasteiger partial charge in [0.2, 0.25) is 0 Å². The van der Waals surface area contributed by atoms with E-state index in [1.165, 1.54) is 11.3 Å². The molecule has 0 radical (unpaired) electrons. The van der Waals surface area contributed by atoms with Crippen LogP contribution in [0.15, 0.2) is 18.2 Å². The third-order valence-corrected chi connectivity index (χ3v) is 3.39. The van der Waals surface area contributed by atoms with E-state index in [1.807, 2.05) is 25.1 Å². The van der Waals surface area contributed by atoms with E-state index in [0.717, 1.165) is 15.6 Å². The Bertz CT molecular complexity index is 516. The van der Waals surface area contributed by atoms with Crippen LogP contribution in [-0.2, 0) is 0 Å². The van der Waals surface area contributed by atoms with Crippen LogP contribution in [0.1, 0.15) is 15.9 Å². The summed E-state index contributed by atoms with van der Waals surface area (Å²) in [5.41, 5.74) is 1.25. The molecule has 1 N–H and O–H groups in total. The Morgan fingerprint density at radius 1 is 1.50 bits per heavy atom. The first kappa shape index (κ1) is 9.49. The van der Waals surface area contributed by atoms with Gasteiger partial charge in [-0.25, -0.2) is 4.79 Å². The highest BCUT2D eigenvalue weighted by Gasteiger charge is 2.16. The van der Waals surface area contributed by atoms with E-state index < -0.39 is 5.97 Å². The maximum absolute atomic E-state index is 10.9. The smallest absolute Gasteiger partial charge is 0.338 e. The number of carboxylic acid groups (broad SMARTS) is 1. The molecule has 0 atom stereocenters. The van der Waals surface area contributed by atoms with Gasteiger partial charge in [0.05, 0.1) is 5.56 Å². The van der Waals surface area contributed by atoms with Crippen LogP contribution in [0.25, 0.3) is 10.1 Å². The van der Waals surface area contributed by atoms with Crippen LogP contribution in [0, 0.1) is 6.92 Å². The molecule has 0 aliphatic carbocycles. The van der Waals surface area contributed by atoms with Crippen molar-refractivity contribution in [3.05, 3.63) is 33.7 Å². The molecule has 0 aliphatic rings. The Morgan fingerprint density at radius 3 is 2.86 bits per heavy atom. The van der Waals surface area contributed by atoms with E-state index in [1.54, 1.807) is 0 Å². The first-order valence-electron chi connectivity index (χ1n) is 4.01. The van der Waals surface area contributed by atoms with Gasteiger partial charge in [-0.05, 0) is 19.1 Å². The highest BCUT2D eigenvalue weighted by molar-refractivity contribution is 7.23. The van der Waals surface area contributed by atoms with Gasteiger partial charge < -0.3 is 5.11 Å². The lowest BCUT2D eigenvalue weighted by atomic mass is 10.1. The normalized spacial score (nSPS) is 10.7. The Hall–Kier alpha value is -1.06. The van der Waals surface area contributed by atoms with Crippen LogP contribution >= 0.6 is 22.9 Å². The Labute approximate surface area is 89.7 Å². The molecule has 2 aromatic rings. The molecule has 0 saturated heterocycles. The van der Waals surface area contributed by atoms with Crippen molar-refractivity contribution in [2.45, 2.75) is 6.92 Å². The topological polar surface area (TPSA) is 37.3 Å². The molecule has 4 heteroatoms. The molecule has 0 spiro atoms. The minimum absolute atomic E-state index is 0.218. The maximum atomic E-state index is 10.9. The van der Waals surface area contributed by atoms with E-state index >= 15 is 0 Å². The summed E-state index contributed by atoms with van der Waals surface area (Å²) in [5, 5.41) is 9.69. The summed E-state index contributed by atoms with van der Waals surface area (Å²) in [6.45, 7) is 1.93. The summed E-state index contributed by atoms with van der Waals surface area (Å²) in [5.74, 6) is -0.966. The number of fused-ring (bicyclic) bond motifs is 1. The summed E-state index contributed by atoms with van der Waals surface area (Å²) < 4.78 is 1.26. The van der Waals surface area contributed by atoms with Crippen molar-refractivity contribution in [3.63, 3.8) is 0 Å². The minimum Gasteiger partial charge on any atom is -0.478 e. The van der Waals surface area contributed by atoms with Crippen molar-refractivity contribution >= 4 is 39.0 Å².